The molecule has 0 amide bonds. The van der Waals surface area contributed by atoms with E-state index < -0.39 is 11.2 Å². The number of aryl methyl sites for hydroxylation is 2. The van der Waals surface area contributed by atoms with Crippen molar-refractivity contribution in [2.75, 3.05) is 7.11 Å². The molecule has 0 saturated carbocycles. The molecule has 7 nitrogen and oxygen atoms in total. The average molecular weight is 312 g/mol. The van der Waals surface area contributed by atoms with Gasteiger partial charge in [-0.1, -0.05) is 6.07 Å². The SMILES string of the molecule is COc1c(C)cnc2c1c(=O)n(Cc1ccccn1)c(=O)n2C. The molecular formula is C16H16N4O3. The van der Waals surface area contributed by atoms with E-state index in [1.54, 1.807) is 38.5 Å². The van der Waals surface area contributed by atoms with E-state index in [2.05, 4.69) is 9.97 Å². The molecule has 7 heteroatoms. The lowest BCUT2D eigenvalue weighted by atomic mass is 10.2. The second-order valence-electron chi connectivity index (χ2n) is 5.23. The molecule has 0 saturated heterocycles. The minimum atomic E-state index is -0.438. The van der Waals surface area contributed by atoms with Crippen LogP contribution < -0.4 is 16.0 Å². The topological polar surface area (TPSA) is 79.0 Å². The minimum Gasteiger partial charge on any atom is -0.495 e. The minimum absolute atomic E-state index is 0.0966. The molecule has 0 radical (unpaired) electrons. The smallest absolute Gasteiger partial charge is 0.332 e. The van der Waals surface area contributed by atoms with Crippen molar-refractivity contribution in [1.29, 1.82) is 0 Å². The molecule has 118 valence electrons. The van der Waals surface area contributed by atoms with Crippen LogP contribution in [0, 0.1) is 6.92 Å². The molecule has 23 heavy (non-hydrogen) atoms. The Morgan fingerprint density at radius 3 is 2.65 bits per heavy atom. The van der Waals surface area contributed by atoms with Crippen molar-refractivity contribution in [3.63, 3.8) is 0 Å². The van der Waals surface area contributed by atoms with Crippen molar-refractivity contribution in [2.45, 2.75) is 13.5 Å². The molecule has 3 aromatic rings. The highest BCUT2D eigenvalue weighted by Crippen LogP contribution is 2.23. The van der Waals surface area contributed by atoms with Gasteiger partial charge in [-0.05, 0) is 19.1 Å². The summed E-state index contributed by atoms with van der Waals surface area (Å²) < 4.78 is 7.85. The second kappa shape index (κ2) is 5.68. The summed E-state index contributed by atoms with van der Waals surface area (Å²) in [4.78, 5) is 33.7. The van der Waals surface area contributed by atoms with E-state index >= 15 is 0 Å². The zero-order valence-electron chi connectivity index (χ0n) is 13.1. The third-order valence-electron chi connectivity index (χ3n) is 3.73. The molecule has 0 aromatic carbocycles. The van der Waals surface area contributed by atoms with Gasteiger partial charge in [0.2, 0.25) is 0 Å². The van der Waals surface area contributed by atoms with Crippen molar-refractivity contribution >= 4 is 11.0 Å². The second-order valence-corrected chi connectivity index (χ2v) is 5.23. The number of methoxy groups -OCH3 is 1. The van der Waals surface area contributed by atoms with Gasteiger partial charge in [0.25, 0.3) is 5.56 Å². The monoisotopic (exact) mass is 312 g/mol. The van der Waals surface area contributed by atoms with Crippen LogP contribution in [0.25, 0.3) is 11.0 Å². The molecule has 0 bridgehead atoms. The van der Waals surface area contributed by atoms with Gasteiger partial charge in [-0.2, -0.15) is 0 Å². The molecule has 3 rings (SSSR count). The van der Waals surface area contributed by atoms with Crippen molar-refractivity contribution in [2.24, 2.45) is 7.05 Å². The molecule has 0 unspecified atom stereocenters. The first-order valence-corrected chi connectivity index (χ1v) is 7.07. The first-order valence-electron chi connectivity index (χ1n) is 7.07. The number of nitrogens with zero attached hydrogens (tertiary/aromatic N) is 4. The van der Waals surface area contributed by atoms with Crippen LogP contribution in [0.2, 0.25) is 0 Å². The Morgan fingerprint density at radius 1 is 1.22 bits per heavy atom. The molecule has 3 aromatic heterocycles. The van der Waals surface area contributed by atoms with E-state index in [0.29, 0.717) is 22.5 Å². The zero-order chi connectivity index (χ0) is 16.6. The third-order valence-corrected chi connectivity index (χ3v) is 3.73. The fraction of sp³-hybridized carbons (Fsp3) is 0.250. The van der Waals surface area contributed by atoms with Gasteiger partial charge in [0, 0.05) is 25.0 Å². The number of hydrogen-bond acceptors (Lipinski definition) is 5. The molecule has 0 fully saturated rings. The maximum Gasteiger partial charge on any atom is 0.332 e. The van der Waals surface area contributed by atoms with Gasteiger partial charge >= 0.3 is 5.69 Å². The van der Waals surface area contributed by atoms with E-state index in [1.807, 2.05) is 6.07 Å². The summed E-state index contributed by atoms with van der Waals surface area (Å²) in [5, 5.41) is 0.297. The van der Waals surface area contributed by atoms with Crippen molar-refractivity contribution in [1.82, 2.24) is 19.1 Å². The van der Waals surface area contributed by atoms with Gasteiger partial charge in [-0.3, -0.25) is 18.9 Å². The zero-order valence-corrected chi connectivity index (χ0v) is 13.1. The molecule has 0 aliphatic carbocycles. The van der Waals surface area contributed by atoms with Crippen LogP contribution in [0.15, 0.2) is 40.2 Å². The van der Waals surface area contributed by atoms with E-state index in [0.717, 1.165) is 10.1 Å². The number of fused-ring (bicyclic) bond motifs is 1. The van der Waals surface area contributed by atoms with Crippen LogP contribution >= 0.6 is 0 Å². The summed E-state index contributed by atoms with van der Waals surface area (Å²) in [5.74, 6) is 0.436. The lowest BCUT2D eigenvalue weighted by molar-refractivity contribution is 0.415. The van der Waals surface area contributed by atoms with E-state index in [9.17, 15) is 9.59 Å². The standard InChI is InChI=1S/C16H16N4O3/c1-10-8-18-14-12(13(10)23-3)15(21)20(16(22)19(14)2)9-11-6-4-5-7-17-11/h4-8H,9H2,1-3H3. The number of pyridine rings is 2. The van der Waals surface area contributed by atoms with Crippen molar-refractivity contribution in [3.8, 4) is 5.75 Å². The van der Waals surface area contributed by atoms with Crippen LogP contribution in [0.4, 0.5) is 0 Å². The van der Waals surface area contributed by atoms with Crippen LogP contribution in [0.1, 0.15) is 11.3 Å². The summed E-state index contributed by atoms with van der Waals surface area (Å²) >= 11 is 0. The molecule has 0 aliphatic heterocycles. The third kappa shape index (κ3) is 2.40. The molecule has 0 spiro atoms. The van der Waals surface area contributed by atoms with Gasteiger partial charge in [0.05, 0.1) is 19.3 Å². The summed E-state index contributed by atoms with van der Waals surface area (Å²) in [7, 11) is 3.08. The highest BCUT2D eigenvalue weighted by molar-refractivity contribution is 5.82. The summed E-state index contributed by atoms with van der Waals surface area (Å²) in [6.45, 7) is 1.90. The van der Waals surface area contributed by atoms with Gasteiger partial charge in [0.1, 0.15) is 11.1 Å². The highest BCUT2D eigenvalue weighted by Gasteiger charge is 2.18. The van der Waals surface area contributed by atoms with Gasteiger partial charge in [0.15, 0.2) is 5.65 Å². The predicted molar refractivity (Wildman–Crippen MR) is 85.9 cm³/mol. The maximum atomic E-state index is 12.8. The quantitative estimate of drug-likeness (QED) is 0.716. The van der Waals surface area contributed by atoms with Gasteiger partial charge in [-0.25, -0.2) is 9.78 Å². The molecule has 0 atom stereocenters. The Hall–Kier alpha value is -2.96. The molecule has 3 heterocycles. The Labute approximate surface area is 131 Å². The van der Waals surface area contributed by atoms with Crippen LogP contribution in [-0.4, -0.2) is 26.2 Å². The molecule has 0 aliphatic rings. The lowest BCUT2D eigenvalue weighted by Gasteiger charge is -2.13. The number of rotatable bonds is 3. The van der Waals surface area contributed by atoms with E-state index in [1.165, 1.54) is 11.7 Å². The van der Waals surface area contributed by atoms with Gasteiger partial charge < -0.3 is 4.74 Å². The first kappa shape index (κ1) is 15.0. The summed E-state index contributed by atoms with van der Waals surface area (Å²) in [6, 6.07) is 5.36. The average Bonchev–Trinajstić information content (AvgIpc) is 2.57. The van der Waals surface area contributed by atoms with Crippen molar-refractivity contribution in [3.05, 3.63) is 62.7 Å². The van der Waals surface area contributed by atoms with Crippen LogP contribution in [0.5, 0.6) is 5.75 Å². The lowest BCUT2D eigenvalue weighted by Crippen LogP contribution is -2.40. The fourth-order valence-electron chi connectivity index (χ4n) is 2.58. The van der Waals surface area contributed by atoms with Crippen LogP contribution in [0.3, 0.4) is 0 Å². The fourth-order valence-corrected chi connectivity index (χ4v) is 2.58. The van der Waals surface area contributed by atoms with Crippen LogP contribution in [-0.2, 0) is 13.6 Å². The Morgan fingerprint density at radius 2 is 2.00 bits per heavy atom. The molecule has 0 N–H and O–H groups in total. The first-order chi connectivity index (χ1) is 11.0. The van der Waals surface area contributed by atoms with Gasteiger partial charge in [-0.15, -0.1) is 0 Å². The number of ether oxygens (including phenoxy) is 1. The maximum absolute atomic E-state index is 12.8. The Kier molecular flexibility index (Phi) is 3.69. The van der Waals surface area contributed by atoms with Crippen molar-refractivity contribution < 1.29 is 4.74 Å². The largest absolute Gasteiger partial charge is 0.495 e. The Balaban J connectivity index is 2.35. The highest BCUT2D eigenvalue weighted by atomic mass is 16.5. The van der Waals surface area contributed by atoms with E-state index in [-0.39, 0.29) is 6.54 Å². The Bertz CT molecular complexity index is 990. The molecular weight excluding hydrogens is 296 g/mol. The summed E-state index contributed by atoms with van der Waals surface area (Å²) in [5.41, 5.74) is 0.804. The summed E-state index contributed by atoms with van der Waals surface area (Å²) in [6.07, 6.45) is 3.21. The van der Waals surface area contributed by atoms with E-state index in [4.69, 9.17) is 4.74 Å². The number of hydrogen-bond donors (Lipinski definition) is 0. The predicted octanol–water partition coefficient (Wildman–Crippen LogP) is 0.856. The normalized spacial score (nSPS) is 10.9. The number of aromatic nitrogens is 4.